The summed E-state index contributed by atoms with van der Waals surface area (Å²) in [6, 6.07) is 6.78. The monoisotopic (exact) mass is 346 g/mol. The zero-order valence-corrected chi connectivity index (χ0v) is 13.5. The smallest absolute Gasteiger partial charge is 0.338 e. The van der Waals surface area contributed by atoms with E-state index >= 15 is 0 Å². The van der Waals surface area contributed by atoms with Gasteiger partial charge in [-0.25, -0.2) is 9.18 Å². The van der Waals surface area contributed by atoms with Crippen LogP contribution in [0.2, 0.25) is 0 Å². The lowest BCUT2D eigenvalue weighted by atomic mass is 10.1. The Hall–Kier alpha value is -3.30. The Balaban J connectivity index is 1.71. The number of amides is 1. The molecule has 0 unspecified atom stereocenters. The highest BCUT2D eigenvalue weighted by molar-refractivity contribution is 5.89. The van der Waals surface area contributed by atoms with E-state index in [1.807, 2.05) is 13.8 Å². The number of benzene rings is 1. The van der Waals surface area contributed by atoms with E-state index in [4.69, 9.17) is 4.52 Å². The third-order valence-electron chi connectivity index (χ3n) is 3.39. The summed E-state index contributed by atoms with van der Waals surface area (Å²) in [6.45, 7) is 3.53. The Labute approximate surface area is 141 Å². The topological polar surface area (TPSA) is 108 Å². The summed E-state index contributed by atoms with van der Waals surface area (Å²) < 4.78 is 19.8. The lowest BCUT2D eigenvalue weighted by Crippen LogP contribution is -2.29. The van der Waals surface area contributed by atoms with Gasteiger partial charge < -0.3 is 4.52 Å². The molecule has 10 heteroatoms. The first-order valence-electron chi connectivity index (χ1n) is 7.49. The van der Waals surface area contributed by atoms with Crippen LogP contribution < -0.4 is 11.0 Å². The third kappa shape index (κ3) is 3.62. The summed E-state index contributed by atoms with van der Waals surface area (Å²) >= 11 is 0. The Morgan fingerprint density at radius 2 is 2.00 bits per heavy atom. The van der Waals surface area contributed by atoms with Gasteiger partial charge in [-0.15, -0.1) is 0 Å². The Kier molecular flexibility index (Phi) is 4.42. The second-order valence-corrected chi connectivity index (χ2v) is 5.63. The minimum Gasteiger partial charge on any atom is -0.338 e. The molecule has 0 saturated heterocycles. The first kappa shape index (κ1) is 16.6. The number of rotatable bonds is 5. The van der Waals surface area contributed by atoms with Crippen LogP contribution in [-0.4, -0.2) is 30.9 Å². The van der Waals surface area contributed by atoms with Gasteiger partial charge in [0.2, 0.25) is 11.8 Å². The van der Waals surface area contributed by atoms with Gasteiger partial charge in [0.1, 0.15) is 12.4 Å². The van der Waals surface area contributed by atoms with Gasteiger partial charge >= 0.3 is 5.69 Å². The third-order valence-corrected chi connectivity index (χ3v) is 3.39. The molecule has 2 heterocycles. The van der Waals surface area contributed by atoms with Crippen LogP contribution in [-0.2, 0) is 11.3 Å². The van der Waals surface area contributed by atoms with Gasteiger partial charge in [0, 0.05) is 6.07 Å². The van der Waals surface area contributed by atoms with Crippen LogP contribution in [0.1, 0.15) is 25.5 Å². The predicted molar refractivity (Wildman–Crippen MR) is 84.8 cm³/mol. The van der Waals surface area contributed by atoms with Crippen molar-refractivity contribution in [1.82, 2.24) is 24.9 Å². The van der Waals surface area contributed by atoms with Crippen LogP contribution in [0.25, 0.3) is 5.69 Å². The first-order chi connectivity index (χ1) is 11.9. The SMILES string of the molecule is CC(C)c1cc(NC(=O)Cn2nnn(-c3ccc(F)cc3)c2=O)on1. The lowest BCUT2D eigenvalue weighted by Gasteiger charge is -2.00. The zero-order chi connectivity index (χ0) is 18.0. The van der Waals surface area contributed by atoms with Crippen molar-refractivity contribution in [2.75, 3.05) is 5.32 Å². The van der Waals surface area contributed by atoms with Gasteiger partial charge in [-0.05, 0) is 40.6 Å². The van der Waals surface area contributed by atoms with Crippen molar-refractivity contribution in [1.29, 1.82) is 0 Å². The number of nitrogens with one attached hydrogen (secondary N) is 1. The lowest BCUT2D eigenvalue weighted by molar-refractivity contribution is -0.117. The summed E-state index contributed by atoms with van der Waals surface area (Å²) in [6.07, 6.45) is 0. The minimum absolute atomic E-state index is 0.160. The number of nitrogens with zero attached hydrogens (tertiary/aromatic N) is 5. The van der Waals surface area contributed by atoms with Gasteiger partial charge in [-0.2, -0.15) is 9.36 Å². The summed E-state index contributed by atoms with van der Waals surface area (Å²) in [7, 11) is 0. The van der Waals surface area contributed by atoms with E-state index in [1.165, 1.54) is 24.3 Å². The number of halogens is 1. The molecule has 0 bridgehead atoms. The highest BCUT2D eigenvalue weighted by Crippen LogP contribution is 2.17. The van der Waals surface area contributed by atoms with E-state index in [0.29, 0.717) is 11.4 Å². The van der Waals surface area contributed by atoms with Gasteiger partial charge in [-0.3, -0.25) is 10.1 Å². The van der Waals surface area contributed by atoms with Gasteiger partial charge in [0.25, 0.3) is 0 Å². The molecule has 0 aliphatic rings. The molecule has 25 heavy (non-hydrogen) atoms. The molecule has 0 aliphatic heterocycles. The van der Waals surface area contributed by atoms with Crippen LogP contribution in [0, 0.1) is 5.82 Å². The van der Waals surface area contributed by atoms with Crippen molar-refractivity contribution in [2.24, 2.45) is 0 Å². The molecule has 3 rings (SSSR count). The van der Waals surface area contributed by atoms with E-state index in [9.17, 15) is 14.0 Å². The van der Waals surface area contributed by atoms with Crippen molar-refractivity contribution in [3.05, 3.63) is 52.3 Å². The first-order valence-corrected chi connectivity index (χ1v) is 7.49. The fourth-order valence-corrected chi connectivity index (χ4v) is 2.05. The van der Waals surface area contributed by atoms with Crippen LogP contribution in [0.3, 0.4) is 0 Å². The number of carbonyl (C=O) groups excluding carboxylic acids is 1. The number of carbonyl (C=O) groups is 1. The highest BCUT2D eigenvalue weighted by Gasteiger charge is 2.15. The van der Waals surface area contributed by atoms with Crippen molar-refractivity contribution in [2.45, 2.75) is 26.3 Å². The van der Waals surface area contributed by atoms with Gasteiger partial charge in [0.15, 0.2) is 0 Å². The van der Waals surface area contributed by atoms with Crippen LogP contribution in [0.5, 0.6) is 0 Å². The number of anilines is 1. The Morgan fingerprint density at radius 1 is 1.28 bits per heavy atom. The normalized spacial score (nSPS) is 11.0. The standard InChI is InChI=1S/C15H15FN6O3/c1-9(2)12-7-14(25-18-12)17-13(23)8-21-15(24)22(20-19-21)11-5-3-10(16)4-6-11/h3-7,9H,8H2,1-2H3,(H,17,23). The van der Waals surface area contributed by atoms with E-state index in [-0.39, 0.29) is 18.3 Å². The van der Waals surface area contributed by atoms with Gasteiger partial charge in [-0.1, -0.05) is 19.0 Å². The predicted octanol–water partition coefficient (Wildman–Crippen LogP) is 1.32. The number of hydrogen-bond donors (Lipinski definition) is 1. The fraction of sp³-hybridized carbons (Fsp3) is 0.267. The van der Waals surface area contributed by atoms with Crippen molar-refractivity contribution >= 4 is 11.8 Å². The van der Waals surface area contributed by atoms with E-state index in [0.717, 1.165) is 9.36 Å². The minimum atomic E-state index is -0.623. The van der Waals surface area contributed by atoms with E-state index in [2.05, 4.69) is 20.9 Å². The van der Waals surface area contributed by atoms with Gasteiger partial charge in [0.05, 0.1) is 11.4 Å². The van der Waals surface area contributed by atoms with E-state index in [1.54, 1.807) is 6.07 Å². The van der Waals surface area contributed by atoms with Crippen molar-refractivity contribution < 1.29 is 13.7 Å². The molecule has 1 N–H and O–H groups in total. The summed E-state index contributed by atoms with van der Waals surface area (Å²) in [5, 5.41) is 13.6. The van der Waals surface area contributed by atoms with Crippen LogP contribution in [0.4, 0.5) is 10.3 Å². The molecule has 1 amide bonds. The highest BCUT2D eigenvalue weighted by atomic mass is 19.1. The molecule has 0 fully saturated rings. The average Bonchev–Trinajstić information content (AvgIpc) is 3.16. The summed E-state index contributed by atoms with van der Waals surface area (Å²) in [5.41, 5.74) is 0.423. The second kappa shape index (κ2) is 6.67. The maximum absolute atomic E-state index is 12.9. The molecule has 0 aliphatic carbocycles. The Morgan fingerprint density at radius 3 is 2.64 bits per heavy atom. The molecule has 3 aromatic rings. The average molecular weight is 346 g/mol. The zero-order valence-electron chi connectivity index (χ0n) is 13.5. The Bertz CT molecular complexity index is 941. The van der Waals surface area contributed by atoms with E-state index < -0.39 is 17.4 Å². The molecular formula is C15H15FN6O3. The maximum Gasteiger partial charge on any atom is 0.368 e. The molecule has 130 valence electrons. The fourth-order valence-electron chi connectivity index (χ4n) is 2.05. The molecule has 0 atom stereocenters. The largest absolute Gasteiger partial charge is 0.368 e. The van der Waals surface area contributed by atoms with Crippen molar-refractivity contribution in [3.8, 4) is 5.69 Å². The number of hydrogen-bond acceptors (Lipinski definition) is 6. The molecule has 9 nitrogen and oxygen atoms in total. The molecule has 2 aromatic heterocycles. The molecule has 1 aromatic carbocycles. The number of tetrazole rings is 1. The van der Waals surface area contributed by atoms with Crippen LogP contribution in [0.15, 0.2) is 39.6 Å². The second-order valence-electron chi connectivity index (χ2n) is 5.63. The number of aromatic nitrogens is 5. The van der Waals surface area contributed by atoms with Crippen LogP contribution >= 0.6 is 0 Å². The molecule has 0 saturated carbocycles. The maximum atomic E-state index is 12.9. The molecular weight excluding hydrogens is 331 g/mol. The molecule has 0 radical (unpaired) electrons. The quantitative estimate of drug-likeness (QED) is 0.746. The molecule has 0 spiro atoms. The summed E-state index contributed by atoms with van der Waals surface area (Å²) in [4.78, 5) is 24.2. The van der Waals surface area contributed by atoms with Crippen molar-refractivity contribution in [3.63, 3.8) is 0 Å². The summed E-state index contributed by atoms with van der Waals surface area (Å²) in [5.74, 6) is -0.601.